The van der Waals surface area contributed by atoms with E-state index in [0.717, 1.165) is 44.6 Å². The van der Waals surface area contributed by atoms with Crippen molar-refractivity contribution >= 4 is 81.3 Å². The molecule has 0 aliphatic heterocycles. The van der Waals surface area contributed by atoms with Gasteiger partial charge in [0, 0.05) is 31.2 Å². The lowest BCUT2D eigenvalue weighted by Gasteiger charge is -2.28. The molecule has 55 heavy (non-hydrogen) atoms. The molecule has 11 rings (SSSR count). The van der Waals surface area contributed by atoms with E-state index < -0.39 is 0 Å². The van der Waals surface area contributed by atoms with Crippen molar-refractivity contribution in [3.05, 3.63) is 200 Å². The number of fused-ring (bicyclic) bond motifs is 7. The Morgan fingerprint density at radius 1 is 0.382 bits per heavy atom. The quantitative estimate of drug-likeness (QED) is 0.170. The van der Waals surface area contributed by atoms with Crippen LogP contribution in [-0.2, 0) is 0 Å². The third-order valence-corrected chi connectivity index (χ3v) is 12.1. The van der Waals surface area contributed by atoms with Gasteiger partial charge < -0.3 is 9.32 Å². The third kappa shape index (κ3) is 5.32. The van der Waals surface area contributed by atoms with Crippen molar-refractivity contribution < 1.29 is 4.42 Å². The Labute approximate surface area is 322 Å². The van der Waals surface area contributed by atoms with E-state index in [0.29, 0.717) is 0 Å². The summed E-state index contributed by atoms with van der Waals surface area (Å²) in [4.78, 5) is 2.45. The van der Waals surface area contributed by atoms with E-state index in [9.17, 15) is 0 Å². The smallest absolute Gasteiger partial charge is 0.137 e. The first-order chi connectivity index (χ1) is 27.3. The Morgan fingerprint density at radius 2 is 1.04 bits per heavy atom. The van der Waals surface area contributed by atoms with Crippen molar-refractivity contribution in [1.29, 1.82) is 0 Å². The molecule has 0 saturated carbocycles. The number of anilines is 3. The van der Waals surface area contributed by atoms with E-state index in [-0.39, 0.29) is 0 Å². The highest BCUT2D eigenvalue weighted by Gasteiger charge is 2.24. The zero-order chi connectivity index (χ0) is 36.3. The summed E-state index contributed by atoms with van der Waals surface area (Å²) in [6.45, 7) is 0. The summed E-state index contributed by atoms with van der Waals surface area (Å²) >= 11 is 1.87. The Kier molecular flexibility index (Phi) is 7.39. The minimum Gasteiger partial charge on any atom is -0.456 e. The van der Waals surface area contributed by atoms with Crippen molar-refractivity contribution in [3.8, 4) is 33.4 Å². The Bertz CT molecular complexity index is 3190. The van der Waals surface area contributed by atoms with Gasteiger partial charge in [0.1, 0.15) is 11.2 Å². The summed E-state index contributed by atoms with van der Waals surface area (Å²) in [7, 11) is 0. The second kappa shape index (κ2) is 12.9. The number of furan rings is 1. The summed E-state index contributed by atoms with van der Waals surface area (Å²) in [5.41, 5.74) is 12.2. The van der Waals surface area contributed by atoms with Crippen LogP contribution in [0.5, 0.6) is 0 Å². The van der Waals surface area contributed by atoms with Gasteiger partial charge in [-0.15, -0.1) is 11.3 Å². The van der Waals surface area contributed by atoms with Crippen LogP contribution in [0.15, 0.2) is 205 Å². The molecule has 0 fully saturated rings. The van der Waals surface area contributed by atoms with Gasteiger partial charge in [-0.3, -0.25) is 0 Å². The molecule has 3 heteroatoms. The maximum Gasteiger partial charge on any atom is 0.137 e. The van der Waals surface area contributed by atoms with E-state index in [2.05, 4.69) is 205 Å². The van der Waals surface area contributed by atoms with Crippen LogP contribution in [-0.4, -0.2) is 0 Å². The molecule has 0 saturated heterocycles. The number of hydrogen-bond acceptors (Lipinski definition) is 3. The number of benzene rings is 9. The summed E-state index contributed by atoms with van der Waals surface area (Å²) in [5, 5.41) is 7.17. The predicted molar refractivity (Wildman–Crippen MR) is 235 cm³/mol. The van der Waals surface area contributed by atoms with Gasteiger partial charge in [-0.25, -0.2) is 0 Å². The highest BCUT2D eigenvalue weighted by molar-refractivity contribution is 7.26. The van der Waals surface area contributed by atoms with E-state index >= 15 is 0 Å². The predicted octanol–water partition coefficient (Wildman–Crippen LogP) is 15.6. The molecule has 258 valence electrons. The van der Waals surface area contributed by atoms with E-state index in [4.69, 9.17) is 4.42 Å². The SMILES string of the molecule is c1ccc(-c2ccc3c(c2)oc2cccc(N(c4ccc(-c5ccc6ccccc6c5)cc4)c4ccc(-c5ccccc5)c5sc6ccccc6c45)c23)cc1. The average Bonchev–Trinajstić information content (AvgIpc) is 3.84. The lowest BCUT2D eigenvalue weighted by molar-refractivity contribution is 0.669. The van der Waals surface area contributed by atoms with E-state index in [1.54, 1.807) is 0 Å². The molecule has 0 aliphatic rings. The molecule has 2 heterocycles. The molecule has 2 aromatic heterocycles. The lowest BCUT2D eigenvalue weighted by atomic mass is 9.98. The summed E-state index contributed by atoms with van der Waals surface area (Å²) in [6, 6.07) is 72.1. The molecule has 0 amide bonds. The van der Waals surface area contributed by atoms with Gasteiger partial charge in [-0.2, -0.15) is 0 Å². The molecule has 0 unspecified atom stereocenters. The monoisotopic (exact) mass is 719 g/mol. The first-order valence-corrected chi connectivity index (χ1v) is 19.5. The minimum atomic E-state index is 0.864. The lowest BCUT2D eigenvalue weighted by Crippen LogP contribution is -2.11. The molecular formula is C52H33NOS. The van der Waals surface area contributed by atoms with Gasteiger partial charge in [0.05, 0.1) is 16.8 Å². The zero-order valence-electron chi connectivity index (χ0n) is 29.8. The normalized spacial score (nSPS) is 11.6. The van der Waals surface area contributed by atoms with Gasteiger partial charge in [0.2, 0.25) is 0 Å². The Balaban J connectivity index is 1.16. The largest absolute Gasteiger partial charge is 0.456 e. The van der Waals surface area contributed by atoms with Gasteiger partial charge in [0.25, 0.3) is 0 Å². The molecule has 0 radical (unpaired) electrons. The molecule has 0 spiro atoms. The highest BCUT2D eigenvalue weighted by atomic mass is 32.1. The maximum atomic E-state index is 6.68. The summed E-state index contributed by atoms with van der Waals surface area (Å²) < 4.78 is 9.23. The van der Waals surface area contributed by atoms with Crippen molar-refractivity contribution in [1.82, 2.24) is 0 Å². The molecule has 11 aromatic rings. The van der Waals surface area contributed by atoms with Gasteiger partial charge in [-0.05, 0) is 98.8 Å². The zero-order valence-corrected chi connectivity index (χ0v) is 30.6. The molecular weight excluding hydrogens is 687 g/mol. The summed E-state index contributed by atoms with van der Waals surface area (Å²) in [5.74, 6) is 0. The topological polar surface area (TPSA) is 16.4 Å². The Hall–Kier alpha value is -6.94. The van der Waals surface area contributed by atoms with E-state index in [1.807, 2.05) is 11.3 Å². The molecule has 0 aliphatic carbocycles. The van der Waals surface area contributed by atoms with Crippen LogP contribution in [0.4, 0.5) is 17.1 Å². The minimum absolute atomic E-state index is 0.864. The van der Waals surface area contributed by atoms with Crippen LogP contribution in [0.3, 0.4) is 0 Å². The third-order valence-electron chi connectivity index (χ3n) is 10.9. The molecule has 0 atom stereocenters. The number of thiophene rings is 1. The van der Waals surface area contributed by atoms with Crippen LogP contribution >= 0.6 is 11.3 Å². The average molecular weight is 720 g/mol. The molecule has 0 N–H and O–H groups in total. The second-order valence-corrected chi connectivity index (χ2v) is 15.1. The fourth-order valence-corrected chi connectivity index (χ4v) is 9.48. The second-order valence-electron chi connectivity index (χ2n) is 14.1. The highest BCUT2D eigenvalue weighted by Crippen LogP contribution is 2.50. The summed E-state index contributed by atoms with van der Waals surface area (Å²) in [6.07, 6.45) is 0. The number of rotatable bonds is 6. The molecule has 9 aromatic carbocycles. The Morgan fingerprint density at radius 3 is 1.87 bits per heavy atom. The fraction of sp³-hybridized carbons (Fsp3) is 0. The van der Waals surface area contributed by atoms with Crippen LogP contribution in [0, 0.1) is 0 Å². The molecule has 0 bridgehead atoms. The van der Waals surface area contributed by atoms with Crippen molar-refractivity contribution in [2.75, 3.05) is 4.90 Å². The van der Waals surface area contributed by atoms with Crippen molar-refractivity contribution in [2.24, 2.45) is 0 Å². The number of nitrogens with zero attached hydrogens (tertiary/aromatic N) is 1. The molecule has 2 nitrogen and oxygen atoms in total. The maximum absolute atomic E-state index is 6.68. The first-order valence-electron chi connectivity index (χ1n) is 18.7. The standard InChI is InChI=1S/C52H33NOS/c1-3-12-34(13-4-1)40-26-29-43-48(33-40)54-47-20-11-19-45(50(43)47)53(41-27-24-36(25-28-41)39-23-22-35-14-7-8-17-38(35)32-39)46-31-30-42(37-15-5-2-6-16-37)52-51(46)44-18-9-10-21-49(44)55-52/h1-33H. The van der Waals surface area contributed by atoms with Crippen LogP contribution in [0.25, 0.3) is 86.3 Å². The number of hydrogen-bond donors (Lipinski definition) is 0. The van der Waals surface area contributed by atoms with Crippen molar-refractivity contribution in [2.45, 2.75) is 0 Å². The van der Waals surface area contributed by atoms with Crippen molar-refractivity contribution in [3.63, 3.8) is 0 Å². The van der Waals surface area contributed by atoms with Crippen LogP contribution in [0.1, 0.15) is 0 Å². The first kappa shape index (κ1) is 31.6. The van der Waals surface area contributed by atoms with E-state index in [1.165, 1.54) is 58.8 Å². The van der Waals surface area contributed by atoms with Crippen LogP contribution in [0.2, 0.25) is 0 Å². The van der Waals surface area contributed by atoms with Gasteiger partial charge in [-0.1, -0.05) is 146 Å². The van der Waals surface area contributed by atoms with Gasteiger partial charge in [0.15, 0.2) is 0 Å². The van der Waals surface area contributed by atoms with Gasteiger partial charge >= 0.3 is 0 Å². The fourth-order valence-electron chi connectivity index (χ4n) is 8.23. The van der Waals surface area contributed by atoms with Crippen LogP contribution < -0.4 is 4.90 Å².